The van der Waals surface area contributed by atoms with E-state index in [-0.39, 0.29) is 0 Å². The van der Waals surface area contributed by atoms with Gasteiger partial charge in [-0.2, -0.15) is 0 Å². The molecular weight excluding hydrogens is 648 g/mol. The molecule has 8 heteroatoms. The molecule has 2 atom stereocenters. The normalized spacial score (nSPS) is 22.0. The summed E-state index contributed by atoms with van der Waals surface area (Å²) in [6, 6.07) is 14.3. The zero-order valence-corrected chi connectivity index (χ0v) is 29.4. The molecule has 2 aliphatic heterocycles. The molecule has 0 radical (unpaired) electrons. The molecule has 0 saturated heterocycles. The van der Waals surface area contributed by atoms with E-state index in [4.69, 9.17) is 9.97 Å². The lowest BCUT2D eigenvalue weighted by atomic mass is 9.83. The monoisotopic (exact) mass is 694 g/mol. The third kappa shape index (κ3) is 6.05. The van der Waals surface area contributed by atoms with Crippen LogP contribution >= 0.6 is 15.9 Å². The van der Waals surface area contributed by atoms with Gasteiger partial charge in [0.05, 0.1) is 22.1 Å². The van der Waals surface area contributed by atoms with Crippen molar-refractivity contribution in [3.63, 3.8) is 0 Å². The first-order valence-electron chi connectivity index (χ1n) is 18.1. The topological polar surface area (TPSA) is 81.6 Å². The van der Waals surface area contributed by atoms with Crippen LogP contribution < -0.4 is 0 Å². The van der Waals surface area contributed by atoms with Gasteiger partial charge in [0.2, 0.25) is 0 Å². The fraction of sp³-hybridized carbons (Fsp3) is 0.538. The lowest BCUT2D eigenvalue weighted by Gasteiger charge is -2.29. The molecular formula is C39H47BrN6O. The average molecular weight is 696 g/mol. The van der Waals surface area contributed by atoms with Gasteiger partial charge in [0.1, 0.15) is 17.2 Å². The van der Waals surface area contributed by atoms with E-state index in [1.165, 1.54) is 105 Å². The van der Waals surface area contributed by atoms with Crippen molar-refractivity contribution in [3.8, 4) is 11.1 Å². The Balaban J connectivity index is 0.000000148. The van der Waals surface area contributed by atoms with Crippen molar-refractivity contribution in [2.75, 3.05) is 0 Å². The van der Waals surface area contributed by atoms with E-state index in [2.05, 4.69) is 71.4 Å². The van der Waals surface area contributed by atoms with Crippen LogP contribution in [0.15, 0.2) is 53.3 Å². The minimum Gasteiger partial charge on any atom is -0.382 e. The number of aryl methyl sites for hydroxylation is 2. The number of nitrogens with zero attached hydrogens (tertiary/aromatic N) is 6. The average Bonchev–Trinajstić information content (AvgIpc) is 3.86. The molecule has 0 amide bonds. The highest BCUT2D eigenvalue weighted by Gasteiger charge is 2.34. The van der Waals surface area contributed by atoms with E-state index in [1.54, 1.807) is 26.2 Å². The Kier molecular flexibility index (Phi) is 8.45. The molecule has 4 aliphatic rings. The Bertz CT molecular complexity index is 1870. The Morgan fingerprint density at radius 1 is 0.660 bits per heavy atom. The fourth-order valence-corrected chi connectivity index (χ4v) is 9.42. The predicted octanol–water partition coefficient (Wildman–Crippen LogP) is 9.65. The SMILES string of the molecule is Brc1ccc2nc3n(c2c1)C(C1CCCCC1)CC3.CC(C)(O)c1ncc(-c2ccc3nc4n(c3c2)C(C2CCCCC2)CC4)cn1. The minimum absolute atomic E-state index is 0.444. The van der Waals surface area contributed by atoms with Crippen molar-refractivity contribution in [2.24, 2.45) is 11.8 Å². The molecule has 3 aromatic heterocycles. The summed E-state index contributed by atoms with van der Waals surface area (Å²) in [7, 11) is 0. The second-order valence-electron chi connectivity index (χ2n) is 15.0. The number of fused-ring (bicyclic) bond motifs is 6. The molecule has 2 fully saturated rings. The van der Waals surface area contributed by atoms with Crippen molar-refractivity contribution in [1.29, 1.82) is 0 Å². The number of imidazole rings is 2. The second-order valence-corrected chi connectivity index (χ2v) is 15.9. The smallest absolute Gasteiger partial charge is 0.159 e. The quantitative estimate of drug-likeness (QED) is 0.203. The van der Waals surface area contributed by atoms with Gasteiger partial charge >= 0.3 is 0 Å². The van der Waals surface area contributed by atoms with Crippen LogP contribution in [0.5, 0.6) is 0 Å². The Hall–Kier alpha value is -3.10. The first-order valence-corrected chi connectivity index (χ1v) is 18.9. The summed E-state index contributed by atoms with van der Waals surface area (Å²) in [5.74, 6) is 4.68. The van der Waals surface area contributed by atoms with Crippen molar-refractivity contribution in [1.82, 2.24) is 29.1 Å². The fourth-order valence-electron chi connectivity index (χ4n) is 9.07. The number of hydrogen-bond donors (Lipinski definition) is 1. The predicted molar refractivity (Wildman–Crippen MR) is 191 cm³/mol. The molecule has 246 valence electrons. The number of aromatic nitrogens is 6. The Labute approximate surface area is 286 Å². The van der Waals surface area contributed by atoms with Crippen LogP contribution in [-0.2, 0) is 18.4 Å². The minimum atomic E-state index is -1.03. The van der Waals surface area contributed by atoms with Crippen LogP contribution in [-0.4, -0.2) is 34.2 Å². The summed E-state index contributed by atoms with van der Waals surface area (Å²) in [5, 5.41) is 10.1. The van der Waals surface area contributed by atoms with Gasteiger partial charge < -0.3 is 14.2 Å². The summed E-state index contributed by atoms with van der Waals surface area (Å²) in [6.07, 6.45) is 22.4. The zero-order valence-electron chi connectivity index (χ0n) is 27.8. The van der Waals surface area contributed by atoms with Crippen molar-refractivity contribution >= 4 is 38.0 Å². The van der Waals surface area contributed by atoms with Crippen molar-refractivity contribution in [3.05, 3.63) is 70.7 Å². The molecule has 2 aliphatic carbocycles. The van der Waals surface area contributed by atoms with Gasteiger partial charge in [0, 0.05) is 47.4 Å². The second kappa shape index (κ2) is 12.7. The van der Waals surface area contributed by atoms with Crippen LogP contribution in [0.2, 0.25) is 0 Å². The molecule has 2 aromatic carbocycles. The number of halogens is 1. The van der Waals surface area contributed by atoms with Crippen LogP contribution in [0.4, 0.5) is 0 Å². The maximum Gasteiger partial charge on any atom is 0.159 e. The summed E-state index contributed by atoms with van der Waals surface area (Å²) in [4.78, 5) is 18.5. The van der Waals surface area contributed by atoms with Gasteiger partial charge in [-0.15, -0.1) is 0 Å². The van der Waals surface area contributed by atoms with Gasteiger partial charge in [0.25, 0.3) is 0 Å². The van der Waals surface area contributed by atoms with E-state index >= 15 is 0 Å². The van der Waals surface area contributed by atoms with Crippen LogP contribution in [0.3, 0.4) is 0 Å². The summed E-state index contributed by atoms with van der Waals surface area (Å²) in [6.45, 7) is 3.41. The molecule has 1 N–H and O–H groups in total. The molecule has 2 saturated carbocycles. The zero-order chi connectivity index (χ0) is 32.1. The largest absolute Gasteiger partial charge is 0.382 e. The maximum atomic E-state index is 10.1. The van der Waals surface area contributed by atoms with E-state index in [9.17, 15) is 5.11 Å². The number of hydrogen-bond acceptors (Lipinski definition) is 5. The highest BCUT2D eigenvalue weighted by Crippen LogP contribution is 2.43. The number of benzene rings is 2. The molecule has 47 heavy (non-hydrogen) atoms. The molecule has 9 rings (SSSR count). The third-order valence-corrected chi connectivity index (χ3v) is 11.9. The molecule has 2 unspecified atom stereocenters. The van der Waals surface area contributed by atoms with Crippen LogP contribution in [0.25, 0.3) is 33.2 Å². The van der Waals surface area contributed by atoms with Crippen molar-refractivity contribution < 1.29 is 5.11 Å². The standard InChI is InChI=1S/C23H28N4O.C16H19BrN2/c1-23(2,28)22-24-13-17(14-25-22)16-8-9-18-20(12-16)27-19(10-11-21(27)26-18)15-6-4-3-5-7-15;17-12-6-7-13-15(10-12)19-14(8-9-16(19)18-13)11-4-2-1-3-5-11/h8-9,12-15,19,28H,3-7,10-11H2,1-2H3;6-7,10-11,14H,1-5,8-9H2. The molecule has 5 heterocycles. The first kappa shape index (κ1) is 31.2. The van der Waals surface area contributed by atoms with E-state index < -0.39 is 5.60 Å². The summed E-state index contributed by atoms with van der Waals surface area (Å²) in [5.41, 5.74) is 5.88. The van der Waals surface area contributed by atoms with E-state index in [1.807, 2.05) is 0 Å². The molecule has 5 aromatic rings. The Morgan fingerprint density at radius 2 is 1.17 bits per heavy atom. The third-order valence-electron chi connectivity index (χ3n) is 11.4. The van der Waals surface area contributed by atoms with Gasteiger partial charge in [-0.05, 0) is 100 Å². The van der Waals surface area contributed by atoms with Gasteiger partial charge in [-0.25, -0.2) is 19.9 Å². The maximum absolute atomic E-state index is 10.1. The van der Waals surface area contributed by atoms with Gasteiger partial charge in [-0.3, -0.25) is 0 Å². The number of rotatable bonds is 4. The molecule has 0 bridgehead atoms. The molecule has 7 nitrogen and oxygen atoms in total. The lowest BCUT2D eigenvalue weighted by molar-refractivity contribution is 0.0687. The summed E-state index contributed by atoms with van der Waals surface area (Å²) >= 11 is 3.60. The van der Waals surface area contributed by atoms with Gasteiger partial charge in [-0.1, -0.05) is 60.5 Å². The number of aliphatic hydroxyl groups is 1. The van der Waals surface area contributed by atoms with Crippen LogP contribution in [0.1, 0.15) is 120 Å². The Morgan fingerprint density at radius 3 is 1.70 bits per heavy atom. The highest BCUT2D eigenvalue weighted by molar-refractivity contribution is 9.10. The summed E-state index contributed by atoms with van der Waals surface area (Å²) < 4.78 is 6.24. The van der Waals surface area contributed by atoms with Crippen molar-refractivity contribution in [2.45, 2.75) is 121 Å². The molecule has 0 spiro atoms. The van der Waals surface area contributed by atoms with E-state index in [0.29, 0.717) is 17.9 Å². The van der Waals surface area contributed by atoms with E-state index in [0.717, 1.165) is 45.8 Å². The first-order chi connectivity index (χ1) is 22.8. The highest BCUT2D eigenvalue weighted by atomic mass is 79.9. The van der Waals surface area contributed by atoms with Gasteiger partial charge in [0.15, 0.2) is 5.82 Å². The lowest BCUT2D eigenvalue weighted by Crippen LogP contribution is -2.19. The van der Waals surface area contributed by atoms with Crippen LogP contribution in [0, 0.1) is 11.8 Å².